The molecule has 1 amide bonds. The number of hydrogen-bond donors (Lipinski definition) is 2. The zero-order valence-corrected chi connectivity index (χ0v) is 14.4. The summed E-state index contributed by atoms with van der Waals surface area (Å²) in [5, 5.41) is 13.1. The number of piperazine rings is 1. The first-order chi connectivity index (χ1) is 12.1. The third kappa shape index (κ3) is 5.95. The summed E-state index contributed by atoms with van der Waals surface area (Å²) < 4.78 is 18.8. The molecule has 1 aliphatic carbocycles. The lowest BCUT2D eigenvalue weighted by atomic mass is 10.2. The number of benzene rings is 1. The van der Waals surface area contributed by atoms with Gasteiger partial charge in [0.05, 0.1) is 6.54 Å². The van der Waals surface area contributed by atoms with Gasteiger partial charge in [-0.2, -0.15) is 0 Å². The van der Waals surface area contributed by atoms with Crippen molar-refractivity contribution < 1.29 is 19.0 Å². The molecule has 138 valence electrons. The molecular weight excluding hydrogens is 325 g/mol. The van der Waals surface area contributed by atoms with E-state index in [1.807, 2.05) is 0 Å². The Morgan fingerprint density at radius 3 is 2.60 bits per heavy atom. The Bertz CT molecular complexity index is 574. The van der Waals surface area contributed by atoms with E-state index in [2.05, 4.69) is 15.1 Å². The standard InChI is InChI=1S/C18H26FN3O3/c19-16-3-1-2-4-17(16)25-13-15(23)11-21-7-9-22(10-8-21)12-18(24)20-14-5-6-14/h1-4,14-15,23H,5-13H2,(H,20,24)/t15-/m1/s1. The first-order valence-electron chi connectivity index (χ1n) is 8.89. The molecule has 0 spiro atoms. The maximum atomic E-state index is 13.5. The van der Waals surface area contributed by atoms with Gasteiger partial charge in [0.15, 0.2) is 11.6 Å². The van der Waals surface area contributed by atoms with Gasteiger partial charge in [-0.05, 0) is 25.0 Å². The van der Waals surface area contributed by atoms with E-state index in [0.29, 0.717) is 19.1 Å². The largest absolute Gasteiger partial charge is 0.488 e. The summed E-state index contributed by atoms with van der Waals surface area (Å²) in [5.41, 5.74) is 0. The van der Waals surface area contributed by atoms with Crippen LogP contribution in [0.1, 0.15) is 12.8 Å². The van der Waals surface area contributed by atoms with Gasteiger partial charge in [0, 0.05) is 38.8 Å². The van der Waals surface area contributed by atoms with Gasteiger partial charge in [-0.3, -0.25) is 14.6 Å². The van der Waals surface area contributed by atoms with Crippen molar-refractivity contribution in [2.45, 2.75) is 25.0 Å². The molecule has 0 unspecified atom stereocenters. The average molecular weight is 351 g/mol. The molecule has 6 nitrogen and oxygen atoms in total. The Labute approximate surface area is 147 Å². The zero-order valence-electron chi connectivity index (χ0n) is 14.4. The third-order valence-corrected chi connectivity index (χ3v) is 4.51. The number of hydrogen-bond acceptors (Lipinski definition) is 5. The number of aliphatic hydroxyl groups excluding tert-OH is 1. The lowest BCUT2D eigenvalue weighted by Gasteiger charge is -2.35. The van der Waals surface area contributed by atoms with Gasteiger partial charge in [0.25, 0.3) is 0 Å². The van der Waals surface area contributed by atoms with Crippen molar-refractivity contribution >= 4 is 5.91 Å². The number of rotatable bonds is 8. The minimum absolute atomic E-state index is 0.0605. The molecule has 2 aliphatic rings. The second-order valence-corrected chi connectivity index (χ2v) is 6.81. The number of carbonyl (C=O) groups is 1. The van der Waals surface area contributed by atoms with Crippen LogP contribution in [-0.4, -0.2) is 78.8 Å². The maximum Gasteiger partial charge on any atom is 0.234 e. The van der Waals surface area contributed by atoms with Crippen LogP contribution in [0.25, 0.3) is 0 Å². The van der Waals surface area contributed by atoms with Gasteiger partial charge < -0.3 is 15.2 Å². The quantitative estimate of drug-likeness (QED) is 0.713. The van der Waals surface area contributed by atoms with Crippen LogP contribution >= 0.6 is 0 Å². The molecule has 1 atom stereocenters. The minimum atomic E-state index is -0.677. The fraction of sp³-hybridized carbons (Fsp3) is 0.611. The molecule has 7 heteroatoms. The van der Waals surface area contributed by atoms with Crippen LogP contribution in [0, 0.1) is 5.82 Å². The summed E-state index contributed by atoms with van der Waals surface area (Å²) in [6.07, 6.45) is 1.53. The normalized spacial score (nSPS) is 20.2. The number of β-amino-alcohol motifs (C(OH)–C–C–N with tert-alkyl or cyclic N) is 1. The molecule has 0 bridgehead atoms. The van der Waals surface area contributed by atoms with E-state index in [9.17, 15) is 14.3 Å². The second-order valence-electron chi connectivity index (χ2n) is 6.81. The zero-order chi connectivity index (χ0) is 17.6. The van der Waals surface area contributed by atoms with Crippen LogP contribution in [0.2, 0.25) is 0 Å². The van der Waals surface area contributed by atoms with Crippen molar-refractivity contribution in [2.24, 2.45) is 0 Å². The Kier molecular flexibility index (Phi) is 6.23. The monoisotopic (exact) mass is 351 g/mol. The number of carbonyl (C=O) groups excluding carboxylic acids is 1. The number of nitrogens with zero attached hydrogens (tertiary/aromatic N) is 2. The number of ether oxygens (including phenoxy) is 1. The van der Waals surface area contributed by atoms with Gasteiger partial charge in [0.1, 0.15) is 12.7 Å². The van der Waals surface area contributed by atoms with Gasteiger partial charge in [-0.25, -0.2) is 4.39 Å². The second kappa shape index (κ2) is 8.60. The molecule has 2 N–H and O–H groups in total. The van der Waals surface area contributed by atoms with Crippen LogP contribution in [0.4, 0.5) is 4.39 Å². The molecule has 1 aliphatic heterocycles. The topological polar surface area (TPSA) is 65.0 Å². The maximum absolute atomic E-state index is 13.5. The van der Waals surface area contributed by atoms with E-state index in [0.717, 1.165) is 39.0 Å². The molecular formula is C18H26FN3O3. The molecule has 1 saturated heterocycles. The molecule has 25 heavy (non-hydrogen) atoms. The van der Waals surface area contributed by atoms with Crippen molar-refractivity contribution in [2.75, 3.05) is 45.9 Å². The molecule has 3 rings (SSSR count). The van der Waals surface area contributed by atoms with E-state index >= 15 is 0 Å². The van der Waals surface area contributed by atoms with Crippen LogP contribution in [-0.2, 0) is 4.79 Å². The van der Waals surface area contributed by atoms with Crippen molar-refractivity contribution in [3.8, 4) is 5.75 Å². The third-order valence-electron chi connectivity index (χ3n) is 4.51. The Balaban J connectivity index is 1.32. The lowest BCUT2D eigenvalue weighted by Crippen LogP contribution is -2.51. The highest BCUT2D eigenvalue weighted by atomic mass is 19.1. The van der Waals surface area contributed by atoms with E-state index in [4.69, 9.17) is 4.74 Å². The number of halogens is 1. The summed E-state index contributed by atoms with van der Waals surface area (Å²) in [6, 6.07) is 6.58. The predicted molar refractivity (Wildman–Crippen MR) is 91.9 cm³/mol. The molecule has 2 fully saturated rings. The summed E-state index contributed by atoms with van der Waals surface area (Å²) in [4.78, 5) is 16.1. The van der Waals surface area contributed by atoms with E-state index in [1.165, 1.54) is 6.07 Å². The smallest absolute Gasteiger partial charge is 0.234 e. The molecule has 0 radical (unpaired) electrons. The first kappa shape index (κ1) is 18.1. The summed E-state index contributed by atoms with van der Waals surface area (Å²) in [6.45, 7) is 4.20. The first-order valence-corrected chi connectivity index (χ1v) is 8.89. The number of amides is 1. The molecule has 1 aromatic rings. The Morgan fingerprint density at radius 1 is 1.24 bits per heavy atom. The van der Waals surface area contributed by atoms with E-state index in [1.54, 1.807) is 18.2 Å². The average Bonchev–Trinajstić information content (AvgIpc) is 3.40. The molecule has 0 aromatic heterocycles. The predicted octanol–water partition coefficient (Wildman–Crippen LogP) is 0.462. The highest BCUT2D eigenvalue weighted by Crippen LogP contribution is 2.18. The van der Waals surface area contributed by atoms with Crippen LogP contribution in [0.5, 0.6) is 5.75 Å². The van der Waals surface area contributed by atoms with Gasteiger partial charge in [-0.1, -0.05) is 12.1 Å². The lowest BCUT2D eigenvalue weighted by molar-refractivity contribution is -0.122. The number of aliphatic hydroxyl groups is 1. The van der Waals surface area contributed by atoms with Crippen LogP contribution < -0.4 is 10.1 Å². The Morgan fingerprint density at radius 2 is 1.92 bits per heavy atom. The van der Waals surface area contributed by atoms with Gasteiger partial charge >= 0.3 is 0 Å². The van der Waals surface area contributed by atoms with E-state index in [-0.39, 0.29) is 18.3 Å². The highest BCUT2D eigenvalue weighted by Gasteiger charge is 2.25. The van der Waals surface area contributed by atoms with Crippen molar-refractivity contribution in [1.82, 2.24) is 15.1 Å². The fourth-order valence-corrected chi connectivity index (χ4v) is 2.93. The molecule has 1 saturated carbocycles. The summed E-state index contributed by atoms with van der Waals surface area (Å²) >= 11 is 0. The van der Waals surface area contributed by atoms with Crippen LogP contribution in [0.15, 0.2) is 24.3 Å². The van der Waals surface area contributed by atoms with Crippen molar-refractivity contribution in [1.29, 1.82) is 0 Å². The van der Waals surface area contributed by atoms with Gasteiger partial charge in [-0.15, -0.1) is 0 Å². The molecule has 1 heterocycles. The number of nitrogens with one attached hydrogen (secondary N) is 1. The summed E-state index contributed by atoms with van der Waals surface area (Å²) in [5.74, 6) is -0.157. The number of para-hydroxylation sites is 1. The van der Waals surface area contributed by atoms with Crippen molar-refractivity contribution in [3.63, 3.8) is 0 Å². The van der Waals surface area contributed by atoms with Crippen molar-refractivity contribution in [3.05, 3.63) is 30.1 Å². The van der Waals surface area contributed by atoms with Crippen LogP contribution in [0.3, 0.4) is 0 Å². The SMILES string of the molecule is O=C(CN1CCN(C[C@@H](O)COc2ccccc2F)CC1)NC1CC1. The highest BCUT2D eigenvalue weighted by molar-refractivity contribution is 5.78. The Hall–Kier alpha value is -1.70. The fourth-order valence-electron chi connectivity index (χ4n) is 2.93. The van der Waals surface area contributed by atoms with Gasteiger partial charge in [0.2, 0.25) is 5.91 Å². The molecule has 1 aromatic carbocycles. The minimum Gasteiger partial charge on any atom is -0.488 e. The summed E-state index contributed by atoms with van der Waals surface area (Å²) in [7, 11) is 0. The van der Waals surface area contributed by atoms with E-state index < -0.39 is 11.9 Å².